The Kier molecular flexibility index (Phi) is 9.43. The summed E-state index contributed by atoms with van der Waals surface area (Å²) in [6.07, 6.45) is -2.72. The number of benzene rings is 2. The molecule has 3 aromatic rings. The molecule has 1 unspecified atom stereocenters. The summed E-state index contributed by atoms with van der Waals surface area (Å²) in [6.45, 7) is 9.12. The molecule has 3 heterocycles. The maximum atomic E-state index is 14.2. The molecule has 0 saturated carbocycles. The third-order valence-electron chi connectivity index (χ3n) is 8.23. The first-order chi connectivity index (χ1) is 21.0. The van der Waals surface area contributed by atoms with Crippen LogP contribution in [0, 0.1) is 5.92 Å². The lowest BCUT2D eigenvalue weighted by atomic mass is 9.99. The van der Waals surface area contributed by atoms with Gasteiger partial charge in [-0.15, -0.1) is 0 Å². The molecule has 2 aliphatic rings. The second kappa shape index (κ2) is 13.1. The van der Waals surface area contributed by atoms with Crippen LogP contribution in [0.5, 0.6) is 0 Å². The number of rotatable bonds is 7. The summed E-state index contributed by atoms with van der Waals surface area (Å²) in [7, 11) is 0. The summed E-state index contributed by atoms with van der Waals surface area (Å²) < 4.78 is 48.4. The summed E-state index contributed by atoms with van der Waals surface area (Å²) in [5.41, 5.74) is 2.09. The van der Waals surface area contributed by atoms with Gasteiger partial charge < -0.3 is 19.4 Å². The molecule has 0 bridgehead atoms. The first kappa shape index (κ1) is 31.7. The Balaban J connectivity index is 1.37. The average molecular weight is 632 g/mol. The highest BCUT2D eigenvalue weighted by Crippen LogP contribution is 2.39. The summed E-state index contributed by atoms with van der Waals surface area (Å²) in [4.78, 5) is 30.9. The normalized spacial score (nSPS) is 17.7. The number of ether oxygens (including phenoxy) is 1. The summed E-state index contributed by atoms with van der Waals surface area (Å²) in [5, 5.41) is 4.55. The van der Waals surface area contributed by atoms with Gasteiger partial charge in [0.25, 0.3) is 0 Å². The molecule has 8 nitrogen and oxygen atoms in total. The Morgan fingerprint density at radius 1 is 1.02 bits per heavy atom. The lowest BCUT2D eigenvalue weighted by Crippen LogP contribution is -2.49. The molecule has 0 N–H and O–H groups in total. The van der Waals surface area contributed by atoms with E-state index in [-0.39, 0.29) is 25.0 Å². The van der Waals surface area contributed by atoms with Crippen molar-refractivity contribution in [2.75, 3.05) is 55.7 Å². The minimum Gasteiger partial charge on any atom is -0.462 e. The molecule has 0 radical (unpaired) electrons. The minimum absolute atomic E-state index is 0.0158. The molecular weight excluding hydrogens is 595 g/mol. The molecule has 44 heavy (non-hydrogen) atoms. The van der Waals surface area contributed by atoms with Gasteiger partial charge in [-0.1, -0.05) is 43.6 Å². The predicted octanol–water partition coefficient (Wildman–Crippen LogP) is 6.55. The highest BCUT2D eigenvalue weighted by atomic mass is 35.5. The zero-order chi connectivity index (χ0) is 31.6. The number of halogens is 4. The first-order valence-electron chi connectivity index (χ1n) is 15.0. The molecular formula is C32H37ClF3N5O3. The highest BCUT2D eigenvalue weighted by molar-refractivity contribution is 6.31. The fourth-order valence-corrected chi connectivity index (χ4v) is 6.23. The Morgan fingerprint density at radius 3 is 2.36 bits per heavy atom. The largest absolute Gasteiger partial charge is 0.462 e. The number of alkyl halides is 3. The summed E-state index contributed by atoms with van der Waals surface area (Å²) in [5.74, 6) is -0.875. The first-order valence-corrected chi connectivity index (χ1v) is 15.4. The number of carbonyl (C=O) groups is 2. The van der Waals surface area contributed by atoms with Crippen LogP contribution in [-0.2, 0) is 15.7 Å². The summed E-state index contributed by atoms with van der Waals surface area (Å²) in [6, 6.07) is 13.2. The number of hydrogen-bond acceptors (Lipinski definition) is 6. The molecule has 1 aromatic heterocycles. The fraction of sp³-hybridized carbons (Fsp3) is 0.469. The monoisotopic (exact) mass is 631 g/mol. The fourth-order valence-electron chi connectivity index (χ4n) is 6.07. The zero-order valence-corrected chi connectivity index (χ0v) is 25.9. The van der Waals surface area contributed by atoms with E-state index in [2.05, 4.69) is 22.1 Å². The van der Waals surface area contributed by atoms with E-state index in [0.29, 0.717) is 37.5 Å². The van der Waals surface area contributed by atoms with Crippen LogP contribution < -0.4 is 9.80 Å². The van der Waals surface area contributed by atoms with E-state index in [4.69, 9.17) is 16.3 Å². The van der Waals surface area contributed by atoms with Crippen LogP contribution in [-0.4, -0.2) is 72.4 Å². The zero-order valence-electron chi connectivity index (χ0n) is 25.1. The number of piperidine rings is 1. The lowest BCUT2D eigenvalue weighted by molar-refractivity contribution is -0.145. The summed E-state index contributed by atoms with van der Waals surface area (Å²) >= 11 is 6.43. The SMILES string of the molecule is CCOC(=O)c1cnn(C2CCCN(c3cc(Cl)ccc3-c3ccc(N4CCN(C(=O)C(C)C)CC4)cc3)C2)c1C(F)(F)F. The molecule has 1 amide bonds. The smallest absolute Gasteiger partial charge is 0.433 e. The van der Waals surface area contributed by atoms with Crippen LogP contribution in [0.15, 0.2) is 48.7 Å². The van der Waals surface area contributed by atoms with Gasteiger partial charge in [0, 0.05) is 67.1 Å². The number of piperazine rings is 1. The highest BCUT2D eigenvalue weighted by Gasteiger charge is 2.42. The van der Waals surface area contributed by atoms with Crippen LogP contribution in [0.4, 0.5) is 24.5 Å². The van der Waals surface area contributed by atoms with Gasteiger partial charge in [-0.2, -0.15) is 18.3 Å². The molecule has 1 atom stereocenters. The van der Waals surface area contributed by atoms with Gasteiger partial charge in [-0.05, 0) is 49.6 Å². The van der Waals surface area contributed by atoms with Crippen LogP contribution in [0.2, 0.25) is 5.02 Å². The van der Waals surface area contributed by atoms with Crippen molar-refractivity contribution in [3.8, 4) is 11.1 Å². The lowest BCUT2D eigenvalue weighted by Gasteiger charge is -2.37. The van der Waals surface area contributed by atoms with Crippen molar-refractivity contribution < 1.29 is 27.5 Å². The second-order valence-corrected chi connectivity index (χ2v) is 11.9. The molecule has 0 aliphatic carbocycles. The topological polar surface area (TPSA) is 70.9 Å². The van der Waals surface area contributed by atoms with E-state index >= 15 is 0 Å². The van der Waals surface area contributed by atoms with Gasteiger partial charge in [-0.3, -0.25) is 9.48 Å². The molecule has 12 heteroatoms. The Hall–Kier alpha value is -3.73. The average Bonchev–Trinajstić information content (AvgIpc) is 3.48. The molecule has 2 aliphatic heterocycles. The van der Waals surface area contributed by atoms with Crippen LogP contribution in [0.3, 0.4) is 0 Å². The van der Waals surface area contributed by atoms with E-state index < -0.39 is 29.4 Å². The van der Waals surface area contributed by atoms with E-state index in [1.54, 1.807) is 6.92 Å². The number of carbonyl (C=O) groups excluding carboxylic acids is 2. The van der Waals surface area contributed by atoms with Crippen molar-refractivity contribution in [1.29, 1.82) is 0 Å². The molecule has 236 valence electrons. The minimum atomic E-state index is -4.78. The van der Waals surface area contributed by atoms with Crippen molar-refractivity contribution in [2.24, 2.45) is 5.92 Å². The van der Waals surface area contributed by atoms with Crippen LogP contribution in [0.25, 0.3) is 11.1 Å². The van der Waals surface area contributed by atoms with Crippen LogP contribution in [0.1, 0.15) is 55.7 Å². The van der Waals surface area contributed by atoms with Gasteiger partial charge in [0.15, 0.2) is 5.69 Å². The standard InChI is InChI=1S/C32H37ClF3N5O3/c1-4-44-31(43)27-19-37-41(29(27)32(34,35)36)25-6-5-13-40(20-25)28-18-23(33)9-12-26(28)22-7-10-24(11-8-22)38-14-16-39(17-15-38)30(42)21(2)3/h7-12,18-19,21,25H,4-6,13-17,20H2,1-3H3. The van der Waals surface area contributed by atoms with Gasteiger partial charge in [0.2, 0.25) is 5.91 Å². The van der Waals surface area contributed by atoms with Crippen molar-refractivity contribution in [3.63, 3.8) is 0 Å². The third-order valence-corrected chi connectivity index (χ3v) is 8.47. The Labute approximate surface area is 260 Å². The van der Waals surface area contributed by atoms with Crippen molar-refractivity contribution in [1.82, 2.24) is 14.7 Å². The van der Waals surface area contributed by atoms with Crippen molar-refractivity contribution in [3.05, 3.63) is 64.9 Å². The molecule has 0 spiro atoms. The molecule has 5 rings (SSSR count). The van der Waals surface area contributed by atoms with Gasteiger partial charge >= 0.3 is 12.1 Å². The number of esters is 1. The third kappa shape index (κ3) is 6.67. The van der Waals surface area contributed by atoms with Crippen LogP contribution >= 0.6 is 11.6 Å². The van der Waals surface area contributed by atoms with E-state index in [1.165, 1.54) is 0 Å². The number of amides is 1. The quantitative estimate of drug-likeness (QED) is 0.276. The Morgan fingerprint density at radius 2 is 1.73 bits per heavy atom. The van der Waals surface area contributed by atoms with E-state index in [1.807, 2.05) is 54.0 Å². The molecule has 2 saturated heterocycles. The number of aromatic nitrogens is 2. The number of nitrogens with zero attached hydrogens (tertiary/aromatic N) is 5. The van der Waals surface area contributed by atoms with Gasteiger partial charge in [-0.25, -0.2) is 4.79 Å². The van der Waals surface area contributed by atoms with Crippen molar-refractivity contribution >= 4 is 34.9 Å². The van der Waals surface area contributed by atoms with Gasteiger partial charge in [0.1, 0.15) is 5.56 Å². The van der Waals surface area contributed by atoms with E-state index in [0.717, 1.165) is 46.5 Å². The predicted molar refractivity (Wildman–Crippen MR) is 164 cm³/mol. The van der Waals surface area contributed by atoms with Gasteiger partial charge in [0.05, 0.1) is 18.8 Å². The van der Waals surface area contributed by atoms with Crippen molar-refractivity contribution in [2.45, 2.75) is 45.8 Å². The second-order valence-electron chi connectivity index (χ2n) is 11.5. The van der Waals surface area contributed by atoms with E-state index in [9.17, 15) is 22.8 Å². The molecule has 2 fully saturated rings. The maximum absolute atomic E-state index is 14.2. The number of hydrogen-bond donors (Lipinski definition) is 0. The maximum Gasteiger partial charge on any atom is 0.433 e. The number of anilines is 2. The molecule has 2 aromatic carbocycles. The Bertz CT molecular complexity index is 1480.